The summed E-state index contributed by atoms with van der Waals surface area (Å²) in [4.78, 5) is 12.4. The normalized spacial score (nSPS) is 12.1. The molecule has 6 nitrogen and oxygen atoms in total. The molecular formula is C22H20Cl2N2O4S. The Hall–Kier alpha value is -2.74. The van der Waals surface area contributed by atoms with Crippen molar-refractivity contribution < 1.29 is 17.9 Å². The van der Waals surface area contributed by atoms with Crippen molar-refractivity contribution in [1.29, 1.82) is 0 Å². The zero-order chi connectivity index (χ0) is 22.6. The number of amides is 1. The summed E-state index contributed by atoms with van der Waals surface area (Å²) in [6, 6.07) is 17.5. The van der Waals surface area contributed by atoms with Crippen LogP contribution in [0.3, 0.4) is 0 Å². The number of benzene rings is 3. The molecule has 1 atom stereocenters. The van der Waals surface area contributed by atoms with Gasteiger partial charge >= 0.3 is 0 Å². The minimum absolute atomic E-state index is 0.0190. The molecule has 0 fully saturated rings. The second-order valence-corrected chi connectivity index (χ2v) is 9.41. The second-order valence-electron chi connectivity index (χ2n) is 6.85. The zero-order valence-corrected chi connectivity index (χ0v) is 19.1. The number of hydrogen-bond donors (Lipinski definition) is 2. The molecule has 0 aliphatic rings. The molecular weight excluding hydrogens is 459 g/mol. The molecule has 9 heteroatoms. The van der Waals surface area contributed by atoms with Crippen LogP contribution in [0.4, 0.5) is 11.4 Å². The third-order valence-corrected chi connectivity index (χ3v) is 6.08. The summed E-state index contributed by atoms with van der Waals surface area (Å²) in [6.07, 6.45) is -0.736. The molecule has 0 aliphatic carbocycles. The van der Waals surface area contributed by atoms with E-state index in [1.807, 2.05) is 19.1 Å². The summed E-state index contributed by atoms with van der Waals surface area (Å²) >= 11 is 11.8. The van der Waals surface area contributed by atoms with Crippen LogP contribution in [0.2, 0.25) is 10.0 Å². The third-order valence-electron chi connectivity index (χ3n) is 4.25. The highest BCUT2D eigenvalue weighted by Gasteiger charge is 2.17. The Bertz CT molecular complexity index is 1160. The number of hydrogen-bond acceptors (Lipinski definition) is 4. The molecule has 0 aromatic heterocycles. The molecule has 31 heavy (non-hydrogen) atoms. The van der Waals surface area contributed by atoms with E-state index in [0.717, 1.165) is 5.56 Å². The predicted octanol–water partition coefficient (Wildman–Crippen LogP) is 5.51. The summed E-state index contributed by atoms with van der Waals surface area (Å²) in [5.41, 5.74) is 1.78. The molecule has 162 valence electrons. The number of rotatable bonds is 7. The fourth-order valence-corrected chi connectivity index (χ4v) is 4.23. The van der Waals surface area contributed by atoms with Gasteiger partial charge in [-0.3, -0.25) is 9.52 Å². The van der Waals surface area contributed by atoms with E-state index in [1.54, 1.807) is 19.1 Å². The maximum absolute atomic E-state index is 12.6. The number of halogens is 2. The quantitative estimate of drug-likeness (QED) is 0.468. The van der Waals surface area contributed by atoms with Crippen molar-refractivity contribution in [2.24, 2.45) is 0 Å². The summed E-state index contributed by atoms with van der Waals surface area (Å²) in [6.45, 7) is 3.59. The molecule has 0 saturated heterocycles. The van der Waals surface area contributed by atoms with E-state index in [9.17, 15) is 13.2 Å². The van der Waals surface area contributed by atoms with Crippen LogP contribution in [0.25, 0.3) is 0 Å². The molecule has 3 aromatic rings. The first-order chi connectivity index (χ1) is 14.6. The van der Waals surface area contributed by atoms with Gasteiger partial charge < -0.3 is 10.1 Å². The van der Waals surface area contributed by atoms with Gasteiger partial charge in [0.25, 0.3) is 15.9 Å². The summed E-state index contributed by atoms with van der Waals surface area (Å²) in [5, 5.41) is 3.32. The predicted molar refractivity (Wildman–Crippen MR) is 124 cm³/mol. The first-order valence-corrected chi connectivity index (χ1v) is 11.5. The van der Waals surface area contributed by atoms with E-state index in [-0.39, 0.29) is 16.5 Å². The van der Waals surface area contributed by atoms with E-state index < -0.39 is 16.1 Å². The Balaban J connectivity index is 1.64. The van der Waals surface area contributed by atoms with Gasteiger partial charge in [0.2, 0.25) is 0 Å². The molecule has 0 unspecified atom stereocenters. The van der Waals surface area contributed by atoms with E-state index in [2.05, 4.69) is 10.0 Å². The van der Waals surface area contributed by atoms with Crippen LogP contribution in [0.15, 0.2) is 71.6 Å². The largest absolute Gasteiger partial charge is 0.481 e. The van der Waals surface area contributed by atoms with Crippen LogP contribution in [0, 0.1) is 6.92 Å². The lowest BCUT2D eigenvalue weighted by atomic mass is 10.2. The minimum atomic E-state index is -3.86. The number of aryl methyl sites for hydroxylation is 1. The summed E-state index contributed by atoms with van der Waals surface area (Å²) in [7, 11) is -3.86. The lowest BCUT2D eigenvalue weighted by Gasteiger charge is -2.15. The average molecular weight is 479 g/mol. The number of carbonyl (C=O) groups excluding carboxylic acids is 1. The first kappa shape index (κ1) is 22.9. The van der Waals surface area contributed by atoms with Crippen molar-refractivity contribution in [1.82, 2.24) is 0 Å². The average Bonchev–Trinajstić information content (AvgIpc) is 2.69. The Morgan fingerprint density at radius 3 is 2.06 bits per heavy atom. The molecule has 2 N–H and O–H groups in total. The molecule has 0 radical (unpaired) electrons. The zero-order valence-electron chi connectivity index (χ0n) is 16.7. The van der Waals surface area contributed by atoms with Crippen molar-refractivity contribution in [3.8, 4) is 5.75 Å². The number of nitrogens with one attached hydrogen (secondary N) is 2. The second kappa shape index (κ2) is 9.60. The van der Waals surface area contributed by atoms with Gasteiger partial charge in [0.05, 0.1) is 10.6 Å². The highest BCUT2D eigenvalue weighted by molar-refractivity contribution is 7.92. The molecule has 0 spiro atoms. The van der Waals surface area contributed by atoms with Gasteiger partial charge in [0, 0.05) is 15.7 Å². The lowest BCUT2D eigenvalue weighted by Crippen LogP contribution is -2.30. The highest BCUT2D eigenvalue weighted by atomic mass is 35.5. The summed E-state index contributed by atoms with van der Waals surface area (Å²) in [5.74, 6) is 0.227. The topological polar surface area (TPSA) is 84.5 Å². The monoisotopic (exact) mass is 478 g/mol. The van der Waals surface area contributed by atoms with Gasteiger partial charge in [-0.1, -0.05) is 40.9 Å². The van der Waals surface area contributed by atoms with Crippen molar-refractivity contribution in [2.75, 3.05) is 10.0 Å². The molecule has 0 heterocycles. The summed E-state index contributed by atoms with van der Waals surface area (Å²) < 4.78 is 33.2. The van der Waals surface area contributed by atoms with E-state index >= 15 is 0 Å². The maximum atomic E-state index is 12.6. The molecule has 1 amide bonds. The lowest BCUT2D eigenvalue weighted by molar-refractivity contribution is -0.122. The smallest absolute Gasteiger partial charge is 0.265 e. The van der Waals surface area contributed by atoms with E-state index in [0.29, 0.717) is 21.5 Å². The SMILES string of the molecule is Cc1ccc(O[C@H](C)C(=O)Nc2ccc(S(=O)(=O)Nc3cc(Cl)cc(Cl)c3)cc2)cc1. The van der Waals surface area contributed by atoms with Gasteiger partial charge in [0.15, 0.2) is 6.10 Å². The Labute approximate surface area is 191 Å². The maximum Gasteiger partial charge on any atom is 0.265 e. The fourth-order valence-electron chi connectivity index (χ4n) is 2.66. The third kappa shape index (κ3) is 6.37. The van der Waals surface area contributed by atoms with Crippen molar-refractivity contribution in [3.05, 3.63) is 82.3 Å². The van der Waals surface area contributed by atoms with Crippen LogP contribution in [0.5, 0.6) is 5.75 Å². The molecule has 0 aliphatic heterocycles. The Morgan fingerprint density at radius 2 is 1.48 bits per heavy atom. The van der Waals surface area contributed by atoms with Crippen LogP contribution in [-0.2, 0) is 14.8 Å². The van der Waals surface area contributed by atoms with E-state index in [4.69, 9.17) is 27.9 Å². The van der Waals surface area contributed by atoms with Gasteiger partial charge in [0.1, 0.15) is 5.75 Å². The first-order valence-electron chi connectivity index (χ1n) is 9.25. The number of anilines is 2. The number of ether oxygens (including phenoxy) is 1. The molecule has 0 bridgehead atoms. The van der Waals surface area contributed by atoms with Crippen molar-refractivity contribution in [3.63, 3.8) is 0 Å². The Morgan fingerprint density at radius 1 is 0.903 bits per heavy atom. The Kier molecular flexibility index (Phi) is 7.10. The number of carbonyl (C=O) groups is 1. The van der Waals surface area contributed by atoms with Crippen LogP contribution in [0.1, 0.15) is 12.5 Å². The number of sulfonamides is 1. The van der Waals surface area contributed by atoms with Crippen LogP contribution in [-0.4, -0.2) is 20.4 Å². The van der Waals surface area contributed by atoms with E-state index in [1.165, 1.54) is 42.5 Å². The van der Waals surface area contributed by atoms with Gasteiger partial charge in [-0.05, 0) is 68.4 Å². The van der Waals surface area contributed by atoms with Crippen LogP contribution >= 0.6 is 23.2 Å². The van der Waals surface area contributed by atoms with Crippen molar-refractivity contribution >= 4 is 50.5 Å². The standard InChI is InChI=1S/C22H20Cl2N2O4S/c1-14-3-7-20(8-4-14)30-15(2)22(27)25-18-5-9-21(10-6-18)31(28,29)26-19-12-16(23)11-17(24)13-19/h3-13,15,26H,1-2H3,(H,25,27)/t15-/m1/s1. The fraction of sp³-hybridized carbons (Fsp3) is 0.136. The molecule has 3 rings (SSSR count). The molecule has 0 saturated carbocycles. The van der Waals surface area contributed by atoms with Crippen LogP contribution < -0.4 is 14.8 Å². The van der Waals surface area contributed by atoms with Crippen molar-refractivity contribution in [2.45, 2.75) is 24.8 Å². The van der Waals surface area contributed by atoms with Gasteiger partial charge in [-0.2, -0.15) is 0 Å². The highest BCUT2D eigenvalue weighted by Crippen LogP contribution is 2.25. The van der Waals surface area contributed by atoms with Gasteiger partial charge in [-0.15, -0.1) is 0 Å². The van der Waals surface area contributed by atoms with Gasteiger partial charge in [-0.25, -0.2) is 8.42 Å². The molecule has 3 aromatic carbocycles. The minimum Gasteiger partial charge on any atom is -0.481 e.